The van der Waals surface area contributed by atoms with Gasteiger partial charge < -0.3 is 14.2 Å². The number of methoxy groups -OCH3 is 2. The Bertz CT molecular complexity index is 1640. The fraction of sp³-hybridized carbons (Fsp3) is 0.156. The first kappa shape index (κ1) is 25.7. The van der Waals surface area contributed by atoms with E-state index in [1.807, 2.05) is 84.3 Å². The molecule has 39 heavy (non-hydrogen) atoms. The Hall–Kier alpha value is -4.91. The number of carbonyl (C=O) groups excluding carboxylic acids is 2. The molecule has 0 aliphatic rings. The molecule has 0 N–H and O–H groups in total. The molecular weight excluding hydrogens is 492 g/mol. The average molecular weight is 521 g/mol. The summed E-state index contributed by atoms with van der Waals surface area (Å²) in [5, 5.41) is 0. The minimum absolute atomic E-state index is 0.393. The smallest absolute Gasteiger partial charge is 0.340 e. The number of hydrogen-bond acceptors (Lipinski definition) is 6. The predicted octanol–water partition coefficient (Wildman–Crippen LogP) is 6.39. The minimum Gasteiger partial charge on any atom is -0.465 e. The molecule has 0 bridgehead atoms. The number of para-hydroxylation sites is 1. The van der Waals surface area contributed by atoms with Crippen molar-refractivity contribution >= 4 is 23.0 Å². The number of fused-ring (bicyclic) bond motifs is 1. The van der Waals surface area contributed by atoms with E-state index in [2.05, 4.69) is 4.98 Å². The van der Waals surface area contributed by atoms with Crippen LogP contribution in [-0.2, 0) is 16.0 Å². The van der Waals surface area contributed by atoms with Crippen LogP contribution in [0.1, 0.15) is 33.2 Å². The highest BCUT2D eigenvalue weighted by atomic mass is 16.5. The van der Waals surface area contributed by atoms with Crippen molar-refractivity contribution in [3.05, 3.63) is 108 Å². The average Bonchev–Trinajstić information content (AvgIpc) is 3.33. The number of hydrogen-bond donors (Lipinski definition) is 0. The summed E-state index contributed by atoms with van der Waals surface area (Å²) in [4.78, 5) is 29.7. The van der Waals surface area contributed by atoms with Crippen LogP contribution in [0.2, 0.25) is 0 Å². The molecule has 7 nitrogen and oxygen atoms in total. The lowest BCUT2D eigenvalue weighted by Crippen LogP contribution is -2.09. The van der Waals surface area contributed by atoms with Gasteiger partial charge in [-0.2, -0.15) is 4.98 Å². The van der Waals surface area contributed by atoms with Gasteiger partial charge in [0.05, 0.1) is 49.5 Å². The number of esters is 2. The van der Waals surface area contributed by atoms with Crippen molar-refractivity contribution in [3.8, 4) is 28.3 Å². The van der Waals surface area contributed by atoms with E-state index in [1.165, 1.54) is 14.2 Å². The van der Waals surface area contributed by atoms with Gasteiger partial charge in [0.15, 0.2) is 0 Å². The Kier molecular flexibility index (Phi) is 7.41. The second-order valence-corrected chi connectivity index (χ2v) is 8.89. The van der Waals surface area contributed by atoms with E-state index >= 15 is 0 Å². The lowest BCUT2D eigenvalue weighted by Gasteiger charge is -2.13. The van der Waals surface area contributed by atoms with Crippen LogP contribution in [-0.4, -0.2) is 42.3 Å². The van der Waals surface area contributed by atoms with Crippen molar-refractivity contribution in [2.75, 3.05) is 20.8 Å². The first-order valence-electron chi connectivity index (χ1n) is 12.6. The Morgan fingerprint density at radius 3 is 2.13 bits per heavy atom. The highest BCUT2D eigenvalue weighted by molar-refractivity contribution is 6.02. The zero-order valence-corrected chi connectivity index (χ0v) is 22.0. The van der Waals surface area contributed by atoms with E-state index in [0.29, 0.717) is 41.3 Å². The molecule has 0 saturated heterocycles. The van der Waals surface area contributed by atoms with Crippen LogP contribution in [0.25, 0.3) is 33.3 Å². The molecule has 5 aromatic rings. The van der Waals surface area contributed by atoms with Crippen LogP contribution in [0.5, 0.6) is 6.01 Å². The van der Waals surface area contributed by atoms with Crippen molar-refractivity contribution < 1.29 is 23.8 Å². The van der Waals surface area contributed by atoms with Gasteiger partial charge in [-0.15, -0.1) is 0 Å². The van der Waals surface area contributed by atoms with E-state index < -0.39 is 11.9 Å². The molecule has 196 valence electrons. The number of carbonyl (C=O) groups is 2. The Balaban J connectivity index is 1.54. The van der Waals surface area contributed by atoms with Gasteiger partial charge in [0.2, 0.25) is 0 Å². The minimum atomic E-state index is -0.436. The van der Waals surface area contributed by atoms with Gasteiger partial charge in [-0.1, -0.05) is 66.7 Å². The molecule has 4 aromatic carbocycles. The maximum atomic E-state index is 12.6. The molecule has 0 saturated carbocycles. The summed E-state index contributed by atoms with van der Waals surface area (Å²) in [5.74, 6) is -0.830. The fourth-order valence-electron chi connectivity index (χ4n) is 4.68. The van der Waals surface area contributed by atoms with E-state index in [4.69, 9.17) is 14.2 Å². The largest absolute Gasteiger partial charge is 0.465 e. The molecule has 0 atom stereocenters. The number of imidazole rings is 1. The van der Waals surface area contributed by atoms with Crippen LogP contribution >= 0.6 is 0 Å². The van der Waals surface area contributed by atoms with Crippen molar-refractivity contribution in [1.82, 2.24) is 9.55 Å². The third-order valence-corrected chi connectivity index (χ3v) is 6.55. The Labute approximate surface area is 226 Å². The summed E-state index contributed by atoms with van der Waals surface area (Å²) in [6.07, 6.45) is 0. The molecule has 0 aliphatic carbocycles. The molecule has 7 heteroatoms. The van der Waals surface area contributed by atoms with Crippen molar-refractivity contribution in [3.63, 3.8) is 0 Å². The summed E-state index contributed by atoms with van der Waals surface area (Å²) in [6, 6.07) is 29.5. The van der Waals surface area contributed by atoms with E-state index in [-0.39, 0.29) is 0 Å². The third-order valence-electron chi connectivity index (χ3n) is 6.55. The van der Waals surface area contributed by atoms with Crippen LogP contribution < -0.4 is 4.74 Å². The van der Waals surface area contributed by atoms with Crippen LogP contribution in [0.4, 0.5) is 0 Å². The fourth-order valence-corrected chi connectivity index (χ4v) is 4.68. The van der Waals surface area contributed by atoms with Gasteiger partial charge in [-0.05, 0) is 59.0 Å². The zero-order valence-electron chi connectivity index (χ0n) is 22.0. The molecule has 1 heterocycles. The van der Waals surface area contributed by atoms with Gasteiger partial charge in [-0.3, -0.25) is 4.57 Å². The summed E-state index contributed by atoms with van der Waals surface area (Å²) in [5.41, 5.74) is 6.92. The maximum Gasteiger partial charge on any atom is 0.340 e. The topological polar surface area (TPSA) is 79.7 Å². The Morgan fingerprint density at radius 1 is 0.744 bits per heavy atom. The predicted molar refractivity (Wildman–Crippen MR) is 150 cm³/mol. The van der Waals surface area contributed by atoms with Gasteiger partial charge >= 0.3 is 11.9 Å². The van der Waals surface area contributed by atoms with Gasteiger partial charge in [0.1, 0.15) is 0 Å². The second kappa shape index (κ2) is 11.2. The van der Waals surface area contributed by atoms with Gasteiger partial charge in [0.25, 0.3) is 6.01 Å². The van der Waals surface area contributed by atoms with Gasteiger partial charge in [0, 0.05) is 0 Å². The van der Waals surface area contributed by atoms with E-state index in [1.54, 1.807) is 18.2 Å². The molecule has 0 spiro atoms. The summed E-state index contributed by atoms with van der Waals surface area (Å²) >= 11 is 0. The first-order valence-corrected chi connectivity index (χ1v) is 12.6. The van der Waals surface area contributed by atoms with Crippen molar-refractivity contribution in [2.24, 2.45) is 0 Å². The monoisotopic (exact) mass is 520 g/mol. The molecular formula is C32H28N2O5. The lowest BCUT2D eigenvalue weighted by molar-refractivity contribution is 0.0593. The summed E-state index contributed by atoms with van der Waals surface area (Å²) < 4.78 is 17.8. The zero-order chi connectivity index (χ0) is 27.4. The summed E-state index contributed by atoms with van der Waals surface area (Å²) in [7, 11) is 2.74. The standard InChI is InChI=1S/C32H28N2O5/c1-4-39-32-33-28-12-8-11-26(31(36)38-3)29(28)34(32)20-21-13-15-23(16-14-21)27-19-24(22-9-6-5-7-10-22)17-18-25(27)30(35)37-2/h5-19H,4,20H2,1-3H3. The van der Waals surface area contributed by atoms with Crippen molar-refractivity contribution in [1.29, 1.82) is 0 Å². The van der Waals surface area contributed by atoms with Crippen LogP contribution in [0, 0.1) is 0 Å². The molecule has 0 aliphatic heterocycles. The molecule has 5 rings (SSSR count). The quantitative estimate of drug-likeness (QED) is 0.221. The normalized spacial score (nSPS) is 10.8. The lowest BCUT2D eigenvalue weighted by atomic mass is 9.94. The third kappa shape index (κ3) is 5.11. The van der Waals surface area contributed by atoms with Crippen molar-refractivity contribution in [2.45, 2.75) is 13.5 Å². The molecule has 0 amide bonds. The summed E-state index contributed by atoms with van der Waals surface area (Å²) in [6.45, 7) is 2.75. The number of aromatic nitrogens is 2. The highest BCUT2D eigenvalue weighted by Crippen LogP contribution is 2.32. The maximum absolute atomic E-state index is 12.6. The highest BCUT2D eigenvalue weighted by Gasteiger charge is 2.20. The molecule has 0 fully saturated rings. The van der Waals surface area contributed by atoms with Crippen LogP contribution in [0.15, 0.2) is 91.0 Å². The SMILES string of the molecule is CCOc1nc2cccc(C(=O)OC)c2n1Cc1ccc(-c2cc(-c3ccccc3)ccc2C(=O)OC)cc1. The molecule has 1 aromatic heterocycles. The van der Waals surface area contributed by atoms with Crippen LogP contribution in [0.3, 0.4) is 0 Å². The number of benzene rings is 4. The molecule has 0 unspecified atom stereocenters. The number of rotatable bonds is 8. The second-order valence-electron chi connectivity index (χ2n) is 8.89. The molecule has 0 radical (unpaired) electrons. The van der Waals surface area contributed by atoms with E-state index in [0.717, 1.165) is 27.8 Å². The first-order chi connectivity index (χ1) is 19.0. The van der Waals surface area contributed by atoms with E-state index in [9.17, 15) is 9.59 Å². The number of ether oxygens (including phenoxy) is 3. The number of nitrogens with zero attached hydrogens (tertiary/aromatic N) is 2. The van der Waals surface area contributed by atoms with Gasteiger partial charge in [-0.25, -0.2) is 9.59 Å². The Morgan fingerprint density at radius 2 is 1.44 bits per heavy atom.